The van der Waals surface area contributed by atoms with E-state index in [-0.39, 0.29) is 36.3 Å². The van der Waals surface area contributed by atoms with Crippen molar-refractivity contribution in [2.24, 2.45) is 4.99 Å². The Bertz CT molecular complexity index is 741. The molecule has 0 aliphatic carbocycles. The van der Waals surface area contributed by atoms with Crippen molar-refractivity contribution in [1.29, 1.82) is 5.26 Å². The number of rotatable bonds is 7. The molecule has 0 radical (unpaired) electrons. The van der Waals surface area contributed by atoms with Crippen LogP contribution in [0.1, 0.15) is 30.0 Å². The number of nitriles is 1. The lowest BCUT2D eigenvalue weighted by Gasteiger charge is -2.11. The quantitative estimate of drug-likeness (QED) is 0.281. The van der Waals surface area contributed by atoms with Gasteiger partial charge < -0.3 is 10.6 Å². The minimum atomic E-state index is -0.345. The molecule has 6 heteroatoms. The van der Waals surface area contributed by atoms with Gasteiger partial charge in [0.05, 0.1) is 18.2 Å². The van der Waals surface area contributed by atoms with Gasteiger partial charge in [-0.25, -0.2) is 9.38 Å². The molecule has 0 aliphatic rings. The topological polar surface area (TPSA) is 60.2 Å². The summed E-state index contributed by atoms with van der Waals surface area (Å²) < 4.78 is 13.8. The van der Waals surface area contributed by atoms with Gasteiger partial charge >= 0.3 is 0 Å². The molecule has 0 heterocycles. The van der Waals surface area contributed by atoms with E-state index in [1.54, 1.807) is 0 Å². The molecule has 0 saturated carbocycles. The van der Waals surface area contributed by atoms with Gasteiger partial charge in [0.25, 0.3) is 0 Å². The highest BCUT2D eigenvalue weighted by atomic mass is 127. The van der Waals surface area contributed by atoms with Gasteiger partial charge in [0.15, 0.2) is 5.96 Å². The van der Waals surface area contributed by atoms with E-state index in [0.29, 0.717) is 17.1 Å². The van der Waals surface area contributed by atoms with Crippen LogP contribution in [-0.4, -0.2) is 19.0 Å². The Morgan fingerprint density at radius 1 is 1.15 bits per heavy atom. The highest BCUT2D eigenvalue weighted by molar-refractivity contribution is 14.0. The predicted octanol–water partition coefficient (Wildman–Crippen LogP) is 4.00. The van der Waals surface area contributed by atoms with Gasteiger partial charge in [-0.05, 0) is 43.5 Å². The highest BCUT2D eigenvalue weighted by Crippen LogP contribution is 2.11. The zero-order chi connectivity index (χ0) is 17.9. The monoisotopic (exact) mass is 466 g/mol. The highest BCUT2D eigenvalue weighted by Gasteiger charge is 2.04. The van der Waals surface area contributed by atoms with E-state index in [4.69, 9.17) is 5.26 Å². The Morgan fingerprint density at radius 2 is 1.92 bits per heavy atom. The average Bonchev–Trinajstić information content (AvgIpc) is 2.65. The van der Waals surface area contributed by atoms with Crippen LogP contribution < -0.4 is 10.6 Å². The van der Waals surface area contributed by atoms with Gasteiger partial charge in [0, 0.05) is 18.7 Å². The third kappa shape index (κ3) is 7.40. The van der Waals surface area contributed by atoms with Gasteiger partial charge in [-0.1, -0.05) is 30.3 Å². The van der Waals surface area contributed by atoms with Crippen molar-refractivity contribution in [3.63, 3.8) is 0 Å². The summed E-state index contributed by atoms with van der Waals surface area (Å²) in [5, 5.41) is 15.3. The number of nitrogens with zero attached hydrogens (tertiary/aromatic N) is 2. The molecule has 0 fully saturated rings. The second-order valence-corrected chi connectivity index (χ2v) is 5.63. The zero-order valence-electron chi connectivity index (χ0n) is 14.8. The average molecular weight is 466 g/mol. The number of benzene rings is 2. The SMILES string of the molecule is CCNC(=NCc1cc(C#N)ccc1F)NCCCc1ccccc1.I. The summed E-state index contributed by atoms with van der Waals surface area (Å²) in [6, 6.07) is 16.7. The van der Waals surface area contributed by atoms with Crippen LogP contribution >= 0.6 is 24.0 Å². The van der Waals surface area contributed by atoms with Crippen molar-refractivity contribution in [2.45, 2.75) is 26.3 Å². The molecule has 0 bridgehead atoms. The van der Waals surface area contributed by atoms with Crippen molar-refractivity contribution in [2.75, 3.05) is 13.1 Å². The van der Waals surface area contributed by atoms with Crippen molar-refractivity contribution < 1.29 is 4.39 Å². The Kier molecular flexibility index (Phi) is 10.3. The summed E-state index contributed by atoms with van der Waals surface area (Å²) in [6.07, 6.45) is 1.97. The second kappa shape index (κ2) is 12.3. The lowest BCUT2D eigenvalue weighted by molar-refractivity contribution is 0.610. The van der Waals surface area contributed by atoms with Crippen LogP contribution in [0.15, 0.2) is 53.5 Å². The van der Waals surface area contributed by atoms with Crippen LogP contribution in [0.3, 0.4) is 0 Å². The summed E-state index contributed by atoms with van der Waals surface area (Å²) in [5.41, 5.74) is 2.16. The second-order valence-electron chi connectivity index (χ2n) is 5.63. The Morgan fingerprint density at radius 3 is 2.62 bits per heavy atom. The maximum Gasteiger partial charge on any atom is 0.191 e. The van der Waals surface area contributed by atoms with Gasteiger partial charge in [-0.2, -0.15) is 5.26 Å². The predicted molar refractivity (Wildman–Crippen MR) is 114 cm³/mol. The fourth-order valence-corrected chi connectivity index (χ4v) is 2.42. The molecule has 0 aromatic heterocycles. The van der Waals surface area contributed by atoms with Crippen LogP contribution in [-0.2, 0) is 13.0 Å². The van der Waals surface area contributed by atoms with Crippen LogP contribution in [0.4, 0.5) is 4.39 Å². The lowest BCUT2D eigenvalue weighted by atomic mass is 10.1. The Balaban J connectivity index is 0.00000338. The molecule has 26 heavy (non-hydrogen) atoms. The van der Waals surface area contributed by atoms with Crippen molar-refractivity contribution in [1.82, 2.24) is 10.6 Å². The van der Waals surface area contributed by atoms with Crippen molar-refractivity contribution >= 4 is 29.9 Å². The molecule has 2 N–H and O–H groups in total. The third-order valence-corrected chi connectivity index (χ3v) is 3.70. The largest absolute Gasteiger partial charge is 0.357 e. The number of aryl methyl sites for hydroxylation is 1. The van der Waals surface area contributed by atoms with E-state index in [1.807, 2.05) is 31.2 Å². The van der Waals surface area contributed by atoms with Crippen LogP contribution in [0.25, 0.3) is 0 Å². The fourth-order valence-electron chi connectivity index (χ4n) is 2.42. The molecule has 0 unspecified atom stereocenters. The van der Waals surface area contributed by atoms with E-state index < -0.39 is 0 Å². The van der Waals surface area contributed by atoms with E-state index >= 15 is 0 Å². The molecule has 0 saturated heterocycles. The van der Waals surface area contributed by atoms with Crippen LogP contribution in [0, 0.1) is 17.1 Å². The van der Waals surface area contributed by atoms with Gasteiger partial charge in [-0.15, -0.1) is 24.0 Å². The Hall–Kier alpha value is -2.14. The van der Waals surface area contributed by atoms with Crippen LogP contribution in [0.2, 0.25) is 0 Å². The third-order valence-electron chi connectivity index (χ3n) is 3.70. The first-order chi connectivity index (χ1) is 12.2. The van der Waals surface area contributed by atoms with E-state index in [0.717, 1.165) is 25.9 Å². The molecule has 0 amide bonds. The maximum absolute atomic E-state index is 13.8. The van der Waals surface area contributed by atoms with Crippen LogP contribution in [0.5, 0.6) is 0 Å². The number of nitrogens with one attached hydrogen (secondary N) is 2. The number of guanidine groups is 1. The van der Waals surface area contributed by atoms with E-state index in [9.17, 15) is 4.39 Å². The zero-order valence-corrected chi connectivity index (χ0v) is 17.2. The number of hydrogen-bond acceptors (Lipinski definition) is 2. The summed E-state index contributed by atoms with van der Waals surface area (Å²) in [5.74, 6) is 0.306. The smallest absolute Gasteiger partial charge is 0.191 e. The molecular formula is C20H24FIN4. The first kappa shape index (κ1) is 21.9. The maximum atomic E-state index is 13.8. The molecule has 2 rings (SSSR count). The molecule has 4 nitrogen and oxygen atoms in total. The van der Waals surface area contributed by atoms with E-state index in [2.05, 4.69) is 27.8 Å². The molecule has 0 atom stereocenters. The van der Waals surface area contributed by atoms with Crippen molar-refractivity contribution in [3.05, 3.63) is 71.0 Å². The first-order valence-corrected chi connectivity index (χ1v) is 8.47. The fraction of sp³-hybridized carbons (Fsp3) is 0.300. The lowest BCUT2D eigenvalue weighted by Crippen LogP contribution is -2.37. The number of aliphatic imine (C=N–C) groups is 1. The van der Waals surface area contributed by atoms with E-state index in [1.165, 1.54) is 23.8 Å². The number of hydrogen-bond donors (Lipinski definition) is 2. The minimum Gasteiger partial charge on any atom is -0.357 e. The molecule has 0 aliphatic heterocycles. The van der Waals surface area contributed by atoms with Gasteiger partial charge in [0.2, 0.25) is 0 Å². The molecule has 138 valence electrons. The summed E-state index contributed by atoms with van der Waals surface area (Å²) in [4.78, 5) is 4.41. The summed E-state index contributed by atoms with van der Waals surface area (Å²) in [6.45, 7) is 3.68. The standard InChI is InChI=1S/C20H23FN4.HI/c1-2-23-20(24-12-6-9-16-7-4-3-5-8-16)25-15-18-13-17(14-22)10-11-19(18)21;/h3-5,7-8,10-11,13H,2,6,9,12,15H2,1H3,(H2,23,24,25);1H. The Labute approximate surface area is 171 Å². The molecular weight excluding hydrogens is 442 g/mol. The molecule has 0 spiro atoms. The molecule has 2 aromatic carbocycles. The first-order valence-electron chi connectivity index (χ1n) is 8.47. The normalized spacial score (nSPS) is 10.6. The summed E-state index contributed by atoms with van der Waals surface area (Å²) in [7, 11) is 0. The van der Waals surface area contributed by atoms with Crippen molar-refractivity contribution in [3.8, 4) is 6.07 Å². The minimum absolute atomic E-state index is 0. The number of halogens is 2. The van der Waals surface area contributed by atoms with Gasteiger partial charge in [0.1, 0.15) is 5.82 Å². The summed E-state index contributed by atoms with van der Waals surface area (Å²) >= 11 is 0. The molecule has 2 aromatic rings. The van der Waals surface area contributed by atoms with Gasteiger partial charge in [-0.3, -0.25) is 0 Å².